The number of hydrogen-bond donors (Lipinski definition) is 1. The SMILES string of the molecule is CCCC1CCN(CC2CC(C(C)C)CCC2N)C1. The van der Waals surface area contributed by atoms with Crippen LogP contribution in [-0.2, 0) is 0 Å². The second-order valence-corrected chi connectivity index (χ2v) is 7.44. The highest BCUT2D eigenvalue weighted by Gasteiger charge is 2.32. The molecule has 1 aliphatic heterocycles. The van der Waals surface area contributed by atoms with Crippen LogP contribution in [0.1, 0.15) is 59.3 Å². The molecule has 2 fully saturated rings. The fraction of sp³-hybridized carbons (Fsp3) is 1.00. The van der Waals surface area contributed by atoms with Gasteiger partial charge in [-0.15, -0.1) is 0 Å². The zero-order valence-electron chi connectivity index (χ0n) is 13.3. The number of nitrogens with two attached hydrogens (primary N) is 1. The van der Waals surface area contributed by atoms with Gasteiger partial charge in [-0.1, -0.05) is 27.2 Å². The van der Waals surface area contributed by atoms with Gasteiger partial charge in [-0.3, -0.25) is 0 Å². The molecule has 1 saturated heterocycles. The van der Waals surface area contributed by atoms with Crippen molar-refractivity contribution < 1.29 is 0 Å². The van der Waals surface area contributed by atoms with E-state index in [1.165, 1.54) is 58.2 Å². The number of hydrogen-bond acceptors (Lipinski definition) is 2. The second-order valence-electron chi connectivity index (χ2n) is 7.44. The Kier molecular flexibility index (Phi) is 5.70. The zero-order chi connectivity index (χ0) is 13.8. The summed E-state index contributed by atoms with van der Waals surface area (Å²) in [6, 6.07) is 0.459. The molecule has 19 heavy (non-hydrogen) atoms. The van der Waals surface area contributed by atoms with Crippen LogP contribution in [0.15, 0.2) is 0 Å². The summed E-state index contributed by atoms with van der Waals surface area (Å²) in [5.74, 6) is 3.47. The van der Waals surface area contributed by atoms with Crippen LogP contribution < -0.4 is 5.73 Å². The van der Waals surface area contributed by atoms with Gasteiger partial charge in [0.1, 0.15) is 0 Å². The van der Waals surface area contributed by atoms with E-state index >= 15 is 0 Å². The first-order chi connectivity index (χ1) is 9.10. The topological polar surface area (TPSA) is 29.3 Å². The van der Waals surface area contributed by atoms with Crippen LogP contribution in [0.25, 0.3) is 0 Å². The van der Waals surface area contributed by atoms with Crippen LogP contribution in [0.5, 0.6) is 0 Å². The van der Waals surface area contributed by atoms with E-state index in [1.807, 2.05) is 0 Å². The highest BCUT2D eigenvalue weighted by atomic mass is 15.1. The number of rotatable bonds is 5. The lowest BCUT2D eigenvalue weighted by atomic mass is 9.74. The number of nitrogens with zero attached hydrogens (tertiary/aromatic N) is 1. The Morgan fingerprint density at radius 2 is 2.00 bits per heavy atom. The van der Waals surface area contributed by atoms with Crippen molar-refractivity contribution in [3.8, 4) is 0 Å². The van der Waals surface area contributed by atoms with Crippen LogP contribution in [0.4, 0.5) is 0 Å². The Morgan fingerprint density at radius 1 is 1.21 bits per heavy atom. The monoisotopic (exact) mass is 266 g/mol. The van der Waals surface area contributed by atoms with Gasteiger partial charge in [0.25, 0.3) is 0 Å². The average Bonchev–Trinajstić information content (AvgIpc) is 2.80. The Bertz CT molecular complexity index is 264. The first kappa shape index (κ1) is 15.3. The molecule has 2 heteroatoms. The van der Waals surface area contributed by atoms with Crippen molar-refractivity contribution in [1.29, 1.82) is 0 Å². The van der Waals surface area contributed by atoms with E-state index in [0.717, 1.165) is 23.7 Å². The molecule has 1 heterocycles. The molecule has 2 nitrogen and oxygen atoms in total. The molecule has 0 amide bonds. The molecule has 0 radical (unpaired) electrons. The summed E-state index contributed by atoms with van der Waals surface area (Å²) in [5, 5.41) is 0. The molecule has 0 aromatic rings. The molecule has 1 saturated carbocycles. The van der Waals surface area contributed by atoms with Crippen LogP contribution in [0, 0.1) is 23.7 Å². The molecule has 2 N–H and O–H groups in total. The first-order valence-corrected chi connectivity index (χ1v) is 8.58. The lowest BCUT2D eigenvalue weighted by Crippen LogP contribution is -2.43. The average molecular weight is 266 g/mol. The molecule has 4 atom stereocenters. The van der Waals surface area contributed by atoms with Crippen molar-refractivity contribution in [3.05, 3.63) is 0 Å². The molecule has 2 rings (SSSR count). The van der Waals surface area contributed by atoms with Gasteiger partial charge in [-0.05, 0) is 62.3 Å². The molecule has 4 unspecified atom stereocenters. The molecule has 2 aliphatic rings. The lowest BCUT2D eigenvalue weighted by Gasteiger charge is -2.38. The minimum absolute atomic E-state index is 0.459. The Morgan fingerprint density at radius 3 is 2.68 bits per heavy atom. The molecule has 112 valence electrons. The van der Waals surface area contributed by atoms with E-state index in [0.29, 0.717) is 6.04 Å². The molecule has 0 bridgehead atoms. The van der Waals surface area contributed by atoms with E-state index < -0.39 is 0 Å². The van der Waals surface area contributed by atoms with Gasteiger partial charge in [0.2, 0.25) is 0 Å². The van der Waals surface area contributed by atoms with Crippen LogP contribution in [-0.4, -0.2) is 30.6 Å². The molecule has 0 aromatic carbocycles. The van der Waals surface area contributed by atoms with E-state index in [-0.39, 0.29) is 0 Å². The van der Waals surface area contributed by atoms with Crippen molar-refractivity contribution in [2.45, 2.75) is 65.3 Å². The van der Waals surface area contributed by atoms with Gasteiger partial charge in [0.15, 0.2) is 0 Å². The largest absolute Gasteiger partial charge is 0.327 e. The fourth-order valence-corrected chi connectivity index (χ4v) is 4.19. The summed E-state index contributed by atoms with van der Waals surface area (Å²) in [4.78, 5) is 2.70. The maximum atomic E-state index is 6.39. The summed E-state index contributed by atoms with van der Waals surface area (Å²) < 4.78 is 0. The Hall–Kier alpha value is -0.0800. The molecule has 1 aliphatic carbocycles. The summed E-state index contributed by atoms with van der Waals surface area (Å²) in [6.45, 7) is 11.0. The highest BCUT2D eigenvalue weighted by Crippen LogP contribution is 2.34. The van der Waals surface area contributed by atoms with Gasteiger partial charge >= 0.3 is 0 Å². The summed E-state index contributed by atoms with van der Waals surface area (Å²) in [6.07, 6.45) is 8.16. The van der Waals surface area contributed by atoms with Crippen LogP contribution in [0.2, 0.25) is 0 Å². The molecule has 0 aromatic heterocycles. The first-order valence-electron chi connectivity index (χ1n) is 8.58. The van der Waals surface area contributed by atoms with E-state index in [1.54, 1.807) is 0 Å². The smallest absolute Gasteiger partial charge is 0.00795 e. The third kappa shape index (κ3) is 4.19. The predicted octanol–water partition coefficient (Wildman–Crippen LogP) is 3.51. The van der Waals surface area contributed by atoms with Gasteiger partial charge in [-0.25, -0.2) is 0 Å². The third-order valence-corrected chi connectivity index (χ3v) is 5.58. The van der Waals surface area contributed by atoms with Crippen molar-refractivity contribution >= 4 is 0 Å². The van der Waals surface area contributed by atoms with Crippen molar-refractivity contribution in [1.82, 2.24) is 4.90 Å². The van der Waals surface area contributed by atoms with Crippen molar-refractivity contribution in [3.63, 3.8) is 0 Å². The van der Waals surface area contributed by atoms with Gasteiger partial charge in [0, 0.05) is 19.1 Å². The van der Waals surface area contributed by atoms with Gasteiger partial charge < -0.3 is 10.6 Å². The minimum Gasteiger partial charge on any atom is -0.327 e. The van der Waals surface area contributed by atoms with Crippen molar-refractivity contribution in [2.24, 2.45) is 29.4 Å². The molecule has 0 spiro atoms. The van der Waals surface area contributed by atoms with Gasteiger partial charge in [-0.2, -0.15) is 0 Å². The summed E-state index contributed by atoms with van der Waals surface area (Å²) in [7, 11) is 0. The van der Waals surface area contributed by atoms with Crippen LogP contribution in [0.3, 0.4) is 0 Å². The Balaban J connectivity index is 1.80. The third-order valence-electron chi connectivity index (χ3n) is 5.58. The lowest BCUT2D eigenvalue weighted by molar-refractivity contribution is 0.147. The quantitative estimate of drug-likeness (QED) is 0.825. The normalized spacial score (nSPS) is 37.1. The second kappa shape index (κ2) is 7.08. The van der Waals surface area contributed by atoms with E-state index in [9.17, 15) is 0 Å². The van der Waals surface area contributed by atoms with E-state index in [2.05, 4.69) is 25.7 Å². The minimum atomic E-state index is 0.459. The maximum Gasteiger partial charge on any atom is 0.00795 e. The standard InChI is InChI=1S/C17H34N2/c1-4-5-14-8-9-19(11-14)12-16-10-15(13(2)3)6-7-17(16)18/h13-17H,4-12,18H2,1-3H3. The maximum absolute atomic E-state index is 6.39. The van der Waals surface area contributed by atoms with Crippen molar-refractivity contribution in [2.75, 3.05) is 19.6 Å². The highest BCUT2D eigenvalue weighted by molar-refractivity contribution is 4.87. The number of likely N-dealkylation sites (tertiary alicyclic amines) is 1. The fourth-order valence-electron chi connectivity index (χ4n) is 4.19. The predicted molar refractivity (Wildman–Crippen MR) is 83.1 cm³/mol. The van der Waals surface area contributed by atoms with Crippen LogP contribution >= 0.6 is 0 Å². The van der Waals surface area contributed by atoms with E-state index in [4.69, 9.17) is 5.73 Å². The zero-order valence-corrected chi connectivity index (χ0v) is 13.3. The Labute approximate surface area is 120 Å². The molecular formula is C17H34N2. The van der Waals surface area contributed by atoms with Gasteiger partial charge in [0.05, 0.1) is 0 Å². The molecular weight excluding hydrogens is 232 g/mol. The summed E-state index contributed by atoms with van der Waals surface area (Å²) >= 11 is 0. The summed E-state index contributed by atoms with van der Waals surface area (Å²) in [5.41, 5.74) is 6.39.